The Labute approximate surface area is 122 Å². The first kappa shape index (κ1) is 19.3. The smallest absolute Gasteiger partial charge is 0.382 e. The van der Waals surface area contributed by atoms with Crippen molar-refractivity contribution in [3.63, 3.8) is 0 Å². The summed E-state index contributed by atoms with van der Waals surface area (Å²) in [5, 5.41) is 10.4. The minimum Gasteiger partial charge on any atom is -0.382 e. The lowest BCUT2D eigenvalue weighted by Crippen LogP contribution is -2.64. The molecule has 0 heterocycles. The average molecular weight is 308 g/mol. The third-order valence-electron chi connectivity index (χ3n) is 1.90. The molecular weight excluding hydrogens is 288 g/mol. The molecule has 0 saturated heterocycles. The molecule has 0 radical (unpaired) electrons. The molecule has 0 atom stereocenters. The Balaban J connectivity index is 5.91. The summed E-state index contributed by atoms with van der Waals surface area (Å²) in [6.07, 6.45) is 0. The van der Waals surface area contributed by atoms with Crippen LogP contribution in [0.3, 0.4) is 0 Å². The van der Waals surface area contributed by atoms with Gasteiger partial charge in [0.1, 0.15) is 0 Å². The maximum atomic E-state index is 11.3. The monoisotopic (exact) mass is 308 g/mol. The molecule has 0 unspecified atom stereocenters. The van der Waals surface area contributed by atoms with Crippen LogP contribution in [-0.2, 0) is 38.1 Å². The van der Waals surface area contributed by atoms with Gasteiger partial charge in [0.05, 0.1) is 13.2 Å². The van der Waals surface area contributed by atoms with Gasteiger partial charge in [0.25, 0.3) is 0 Å². The molecule has 0 bridgehead atoms. The van der Waals surface area contributed by atoms with E-state index in [9.17, 15) is 19.5 Å². The van der Waals surface area contributed by atoms with Gasteiger partial charge in [-0.3, -0.25) is 14.4 Å². The molecule has 9 heteroatoms. The molecule has 122 valence electrons. The molecule has 0 aliphatic rings. The first-order valence-electron chi connectivity index (χ1n) is 6.21. The van der Waals surface area contributed by atoms with E-state index in [1.54, 1.807) is 0 Å². The molecule has 0 aliphatic heterocycles. The Morgan fingerprint density at radius 1 is 0.810 bits per heavy atom. The lowest BCUT2D eigenvalue weighted by atomic mass is 10.4. The molecule has 0 aliphatic carbocycles. The minimum atomic E-state index is -2.91. The molecule has 0 amide bonds. The van der Waals surface area contributed by atoms with Crippen molar-refractivity contribution in [2.75, 3.05) is 13.2 Å². The number of carbonyl (C=O) groups is 3. The molecule has 0 aromatic rings. The van der Waals surface area contributed by atoms with Gasteiger partial charge >= 0.3 is 29.9 Å². The van der Waals surface area contributed by atoms with E-state index >= 15 is 0 Å². The number of rotatable bonds is 8. The van der Waals surface area contributed by atoms with E-state index in [0.717, 1.165) is 20.8 Å². The van der Waals surface area contributed by atoms with E-state index in [4.69, 9.17) is 23.7 Å². The Morgan fingerprint density at radius 2 is 1.10 bits per heavy atom. The van der Waals surface area contributed by atoms with Crippen molar-refractivity contribution in [2.45, 2.75) is 46.6 Å². The number of ether oxygens (including phenoxy) is 5. The van der Waals surface area contributed by atoms with Crippen LogP contribution < -0.4 is 0 Å². The molecule has 0 aromatic carbocycles. The standard InChI is InChI=1S/C12H20O9/c1-6-17-11(16,18-7-2)12(19-8(3)13,20-9(4)14)21-10(5)15/h16H,6-7H2,1-5H3. The van der Waals surface area contributed by atoms with E-state index < -0.39 is 29.9 Å². The van der Waals surface area contributed by atoms with Crippen LogP contribution in [0, 0.1) is 0 Å². The van der Waals surface area contributed by atoms with E-state index in [1.165, 1.54) is 13.8 Å². The highest BCUT2D eigenvalue weighted by Gasteiger charge is 2.65. The summed E-state index contributed by atoms with van der Waals surface area (Å²) in [7, 11) is 0. The van der Waals surface area contributed by atoms with Gasteiger partial charge in [-0.25, -0.2) is 0 Å². The van der Waals surface area contributed by atoms with Crippen LogP contribution in [0.4, 0.5) is 0 Å². The molecule has 0 saturated carbocycles. The van der Waals surface area contributed by atoms with Gasteiger partial charge in [0.15, 0.2) is 0 Å². The predicted molar refractivity (Wildman–Crippen MR) is 66.2 cm³/mol. The molecule has 1 N–H and O–H groups in total. The number of carbonyl (C=O) groups excluding carboxylic acids is 3. The van der Waals surface area contributed by atoms with Gasteiger partial charge in [-0.05, 0) is 13.8 Å². The molecule has 0 rings (SSSR count). The molecule has 0 aromatic heterocycles. The van der Waals surface area contributed by atoms with Crippen LogP contribution in [0.2, 0.25) is 0 Å². The average Bonchev–Trinajstić information content (AvgIpc) is 2.26. The molecule has 9 nitrogen and oxygen atoms in total. The van der Waals surface area contributed by atoms with E-state index in [2.05, 4.69) is 0 Å². The fourth-order valence-corrected chi connectivity index (χ4v) is 1.43. The zero-order valence-electron chi connectivity index (χ0n) is 12.6. The van der Waals surface area contributed by atoms with Gasteiger partial charge in [-0.1, -0.05) is 0 Å². The highest BCUT2D eigenvalue weighted by molar-refractivity contribution is 5.71. The SMILES string of the molecule is CCOC(O)(OCC)C(OC(C)=O)(OC(C)=O)OC(C)=O. The van der Waals surface area contributed by atoms with Crippen LogP contribution >= 0.6 is 0 Å². The normalized spacial score (nSPS) is 11.7. The third kappa shape index (κ3) is 5.29. The number of hydrogen-bond donors (Lipinski definition) is 1. The Morgan fingerprint density at radius 3 is 1.29 bits per heavy atom. The van der Waals surface area contributed by atoms with Crippen molar-refractivity contribution in [3.05, 3.63) is 0 Å². The molecule has 21 heavy (non-hydrogen) atoms. The van der Waals surface area contributed by atoms with Crippen molar-refractivity contribution in [1.29, 1.82) is 0 Å². The zero-order valence-corrected chi connectivity index (χ0v) is 12.6. The summed E-state index contributed by atoms with van der Waals surface area (Å²) in [6, 6.07) is 0. The maximum absolute atomic E-state index is 11.3. The number of esters is 3. The minimum absolute atomic E-state index is 0.123. The van der Waals surface area contributed by atoms with Crippen molar-refractivity contribution < 1.29 is 43.2 Å². The van der Waals surface area contributed by atoms with E-state index in [0.29, 0.717) is 0 Å². The fourth-order valence-electron chi connectivity index (χ4n) is 1.43. The van der Waals surface area contributed by atoms with Crippen molar-refractivity contribution in [2.24, 2.45) is 0 Å². The van der Waals surface area contributed by atoms with Crippen LogP contribution in [0.25, 0.3) is 0 Å². The van der Waals surface area contributed by atoms with Gasteiger partial charge in [0, 0.05) is 20.8 Å². The Bertz CT molecular complexity index is 343. The third-order valence-corrected chi connectivity index (χ3v) is 1.90. The van der Waals surface area contributed by atoms with Gasteiger partial charge in [0.2, 0.25) is 0 Å². The van der Waals surface area contributed by atoms with Gasteiger partial charge in [-0.15, -0.1) is 0 Å². The number of aliphatic hydroxyl groups is 1. The first-order valence-corrected chi connectivity index (χ1v) is 6.21. The summed E-state index contributed by atoms with van der Waals surface area (Å²) in [6.45, 7) is 5.61. The predicted octanol–water partition coefficient (Wildman–Crippen LogP) is 0.0486. The largest absolute Gasteiger partial charge is 0.511 e. The summed E-state index contributed by atoms with van der Waals surface area (Å²) in [5.74, 6) is -8.75. The van der Waals surface area contributed by atoms with Crippen LogP contribution in [0.15, 0.2) is 0 Å². The van der Waals surface area contributed by atoms with E-state index in [1.807, 2.05) is 0 Å². The van der Waals surface area contributed by atoms with Gasteiger partial charge < -0.3 is 28.8 Å². The second kappa shape index (κ2) is 7.91. The second-order valence-corrected chi connectivity index (χ2v) is 3.78. The van der Waals surface area contributed by atoms with Crippen molar-refractivity contribution in [3.8, 4) is 0 Å². The Hall–Kier alpha value is -1.71. The quantitative estimate of drug-likeness (QED) is 0.490. The molecule has 0 spiro atoms. The summed E-state index contributed by atoms with van der Waals surface area (Å²) >= 11 is 0. The number of hydrogen-bond acceptors (Lipinski definition) is 9. The summed E-state index contributed by atoms with van der Waals surface area (Å²) in [5.41, 5.74) is 0. The van der Waals surface area contributed by atoms with Crippen molar-refractivity contribution in [1.82, 2.24) is 0 Å². The zero-order chi connectivity index (χ0) is 16.7. The lowest BCUT2D eigenvalue weighted by molar-refractivity contribution is -0.522. The highest BCUT2D eigenvalue weighted by Crippen LogP contribution is 2.33. The first-order chi connectivity index (χ1) is 9.62. The second-order valence-electron chi connectivity index (χ2n) is 3.78. The topological polar surface area (TPSA) is 118 Å². The molecular formula is C12H20O9. The Kier molecular flexibility index (Phi) is 7.27. The van der Waals surface area contributed by atoms with Crippen molar-refractivity contribution >= 4 is 17.9 Å². The molecule has 0 fully saturated rings. The maximum Gasteiger partial charge on any atom is 0.511 e. The summed E-state index contributed by atoms with van der Waals surface area (Å²) < 4.78 is 24.0. The lowest BCUT2D eigenvalue weighted by Gasteiger charge is -2.40. The summed E-state index contributed by atoms with van der Waals surface area (Å²) in [4.78, 5) is 33.8. The van der Waals surface area contributed by atoms with Gasteiger partial charge in [-0.2, -0.15) is 0 Å². The van der Waals surface area contributed by atoms with Crippen LogP contribution in [0.1, 0.15) is 34.6 Å². The highest BCUT2D eigenvalue weighted by atomic mass is 17.0. The van der Waals surface area contributed by atoms with Crippen LogP contribution in [0.5, 0.6) is 0 Å². The fraction of sp³-hybridized carbons (Fsp3) is 0.750. The van der Waals surface area contributed by atoms with Crippen LogP contribution in [-0.4, -0.2) is 48.2 Å². The van der Waals surface area contributed by atoms with E-state index in [-0.39, 0.29) is 13.2 Å².